The van der Waals surface area contributed by atoms with E-state index in [1.165, 1.54) is 0 Å². The first-order valence-corrected chi connectivity index (χ1v) is 4.49. The van der Waals surface area contributed by atoms with E-state index in [0.717, 1.165) is 0 Å². The zero-order valence-corrected chi connectivity index (χ0v) is 8.33. The van der Waals surface area contributed by atoms with Crippen molar-refractivity contribution >= 4 is 32.7 Å². The van der Waals surface area contributed by atoms with Crippen LogP contribution in [-0.2, 0) is 9.59 Å². The molecule has 0 radical (unpaired) electrons. The van der Waals surface area contributed by atoms with Crippen LogP contribution in [-0.4, -0.2) is 28.8 Å². The molecule has 0 aliphatic carbocycles. The predicted molar refractivity (Wildman–Crippen MR) is 49.2 cm³/mol. The zero-order chi connectivity index (χ0) is 9.56. The van der Waals surface area contributed by atoms with E-state index in [4.69, 9.17) is 16.7 Å². The Morgan fingerprint density at radius 1 is 1.58 bits per heavy atom. The van der Waals surface area contributed by atoms with Gasteiger partial charge in [0.05, 0.1) is 5.88 Å². The van der Waals surface area contributed by atoms with Crippen molar-refractivity contribution in [2.75, 3.05) is 5.88 Å². The highest BCUT2D eigenvalue weighted by Gasteiger charge is 2.15. The zero-order valence-electron chi connectivity index (χ0n) is 6.42. The van der Waals surface area contributed by atoms with Crippen molar-refractivity contribution < 1.29 is 14.7 Å². The van der Waals surface area contributed by atoms with Gasteiger partial charge in [-0.05, 0) is 6.42 Å². The lowest BCUT2D eigenvalue weighted by Crippen LogP contribution is -2.30. The van der Waals surface area contributed by atoms with Gasteiger partial charge in [0.1, 0.15) is 11.8 Å². The van der Waals surface area contributed by atoms with Gasteiger partial charge in [-0.1, -0.05) is 9.39 Å². The summed E-state index contributed by atoms with van der Waals surface area (Å²) in [6.45, 7) is 0. The molecule has 0 saturated carbocycles. The van der Waals surface area contributed by atoms with Crippen LogP contribution in [0, 0.1) is 0 Å². The Morgan fingerprint density at radius 2 is 2.17 bits per heavy atom. The second-order valence-corrected chi connectivity index (χ2v) is 2.87. The number of aliphatic carboxylic acids is 1. The van der Waals surface area contributed by atoms with E-state index in [-0.39, 0.29) is 24.5 Å². The lowest BCUT2D eigenvalue weighted by molar-refractivity contribution is -0.139. The van der Waals surface area contributed by atoms with E-state index in [0.29, 0.717) is 0 Å². The minimum absolute atomic E-state index is 0.0524. The van der Waals surface area contributed by atoms with Crippen LogP contribution in [0.25, 0.3) is 0 Å². The van der Waals surface area contributed by atoms with E-state index in [1.807, 2.05) is 0 Å². The molecule has 0 bridgehead atoms. The molecule has 2 unspecified atom stereocenters. The number of carbonyl (C=O) groups is 2. The van der Waals surface area contributed by atoms with Gasteiger partial charge in [0.15, 0.2) is 0 Å². The maximum Gasteiger partial charge on any atom is 0.320 e. The first-order chi connectivity index (χ1) is 5.61. The summed E-state index contributed by atoms with van der Waals surface area (Å²) in [6.07, 6.45) is 0.465. The van der Waals surface area contributed by atoms with Gasteiger partial charge in [-0.3, -0.25) is 14.7 Å². The van der Waals surface area contributed by atoms with Crippen LogP contribution in [0.2, 0.25) is 0 Å². The fourth-order valence-corrected chi connectivity index (χ4v) is 1.09. The van der Waals surface area contributed by atoms with Crippen molar-refractivity contribution in [3.05, 3.63) is 0 Å². The van der Waals surface area contributed by atoms with Crippen LogP contribution < -0.4 is 5.09 Å². The number of ketones is 1. The normalized spacial score (nSPS) is 12.5. The van der Waals surface area contributed by atoms with Gasteiger partial charge < -0.3 is 5.11 Å². The Kier molecular flexibility index (Phi) is 6.25. The molecular weight excluding hydrogens is 200 g/mol. The van der Waals surface area contributed by atoms with Gasteiger partial charge in [-0.2, -0.15) is 0 Å². The van der Waals surface area contributed by atoms with Crippen LogP contribution in [0.1, 0.15) is 12.8 Å². The van der Waals surface area contributed by atoms with Gasteiger partial charge in [-0.15, -0.1) is 11.6 Å². The first-order valence-electron chi connectivity index (χ1n) is 3.38. The molecule has 0 rings (SSSR count). The molecule has 0 heterocycles. The molecule has 0 spiro atoms. The van der Waals surface area contributed by atoms with E-state index in [2.05, 4.69) is 14.5 Å². The summed E-state index contributed by atoms with van der Waals surface area (Å²) in [5, 5.41) is 11.0. The van der Waals surface area contributed by atoms with Crippen molar-refractivity contribution in [2.45, 2.75) is 18.9 Å². The number of rotatable bonds is 6. The number of carboxylic acid groups (broad SMARTS) is 1. The Morgan fingerprint density at radius 3 is 2.50 bits per heavy atom. The topological polar surface area (TPSA) is 66.4 Å². The standard InChI is InChI=1S/C6H11ClNO3P/c7-3-4(9)1-2-5(8-12)6(10)11/h5,8H,1-3,12H2,(H,10,11). The fourth-order valence-electron chi connectivity index (χ4n) is 0.650. The molecule has 6 heteroatoms. The average Bonchev–Trinajstić information content (AvgIpc) is 2.04. The number of hydrogen-bond donors (Lipinski definition) is 2. The average molecular weight is 212 g/mol. The molecule has 2 atom stereocenters. The van der Waals surface area contributed by atoms with Crippen LogP contribution >= 0.6 is 21.0 Å². The number of alkyl halides is 1. The lowest BCUT2D eigenvalue weighted by atomic mass is 10.1. The van der Waals surface area contributed by atoms with Crippen LogP contribution in [0.15, 0.2) is 0 Å². The number of carbonyl (C=O) groups excluding carboxylic acids is 1. The molecule has 0 amide bonds. The Balaban J connectivity index is 3.73. The molecule has 2 N–H and O–H groups in total. The van der Waals surface area contributed by atoms with Crippen molar-refractivity contribution in [3.63, 3.8) is 0 Å². The lowest BCUT2D eigenvalue weighted by Gasteiger charge is -2.08. The summed E-state index contributed by atoms with van der Waals surface area (Å²) in [5.41, 5.74) is 0. The summed E-state index contributed by atoms with van der Waals surface area (Å²) in [6, 6.07) is -0.692. The molecule has 0 aliphatic heterocycles. The molecule has 0 aromatic carbocycles. The highest BCUT2D eigenvalue weighted by Crippen LogP contribution is 2.01. The number of carboxylic acids is 1. The third-order valence-electron chi connectivity index (χ3n) is 1.36. The smallest absolute Gasteiger partial charge is 0.320 e. The van der Waals surface area contributed by atoms with Gasteiger partial charge >= 0.3 is 5.97 Å². The highest BCUT2D eigenvalue weighted by atomic mass is 35.5. The summed E-state index contributed by atoms with van der Waals surface area (Å²) in [5.74, 6) is -1.15. The molecule has 12 heavy (non-hydrogen) atoms. The van der Waals surface area contributed by atoms with Gasteiger partial charge in [-0.25, -0.2) is 0 Å². The quantitative estimate of drug-likeness (QED) is 0.493. The number of Topliss-reactive ketones (excluding diaryl/α,β-unsaturated/α-hetero) is 1. The van der Waals surface area contributed by atoms with Crippen molar-refractivity contribution in [1.29, 1.82) is 0 Å². The minimum atomic E-state index is -0.965. The minimum Gasteiger partial charge on any atom is -0.480 e. The molecule has 0 aromatic heterocycles. The number of hydrogen-bond acceptors (Lipinski definition) is 3. The van der Waals surface area contributed by atoms with Gasteiger partial charge in [0.25, 0.3) is 0 Å². The second kappa shape index (κ2) is 6.35. The number of nitrogens with one attached hydrogen (secondary N) is 1. The third kappa shape index (κ3) is 4.65. The number of halogens is 1. The van der Waals surface area contributed by atoms with Crippen molar-refractivity contribution in [2.24, 2.45) is 0 Å². The molecule has 0 aliphatic rings. The SMILES string of the molecule is O=C(CCl)CCC(NP)C(=O)O. The molecule has 0 aromatic rings. The Hall–Kier alpha value is -0.180. The molecule has 4 nitrogen and oxygen atoms in total. The van der Waals surface area contributed by atoms with E-state index < -0.39 is 12.0 Å². The highest BCUT2D eigenvalue weighted by molar-refractivity contribution is 7.13. The van der Waals surface area contributed by atoms with Gasteiger partial charge in [0, 0.05) is 6.42 Å². The Bertz CT molecular complexity index is 176. The Labute approximate surface area is 77.9 Å². The maximum absolute atomic E-state index is 10.7. The monoisotopic (exact) mass is 211 g/mol. The fraction of sp³-hybridized carbons (Fsp3) is 0.667. The largest absolute Gasteiger partial charge is 0.480 e. The summed E-state index contributed by atoms with van der Waals surface area (Å²) < 4.78 is 0. The maximum atomic E-state index is 10.7. The molecule has 0 fully saturated rings. The van der Waals surface area contributed by atoms with E-state index in [1.54, 1.807) is 0 Å². The van der Waals surface area contributed by atoms with Crippen molar-refractivity contribution in [1.82, 2.24) is 5.09 Å². The molecular formula is C6H11ClNO3P. The van der Waals surface area contributed by atoms with Crippen LogP contribution in [0.4, 0.5) is 0 Å². The predicted octanol–water partition coefficient (Wildman–Crippen LogP) is 0.407. The second-order valence-electron chi connectivity index (χ2n) is 2.27. The van der Waals surface area contributed by atoms with Crippen molar-refractivity contribution in [3.8, 4) is 0 Å². The van der Waals surface area contributed by atoms with Crippen LogP contribution in [0.3, 0.4) is 0 Å². The van der Waals surface area contributed by atoms with Gasteiger partial charge in [0.2, 0.25) is 0 Å². The van der Waals surface area contributed by atoms with Crippen LogP contribution in [0.5, 0.6) is 0 Å². The van der Waals surface area contributed by atoms with E-state index in [9.17, 15) is 9.59 Å². The molecule has 70 valence electrons. The summed E-state index contributed by atoms with van der Waals surface area (Å²) >= 11 is 5.24. The summed E-state index contributed by atoms with van der Waals surface area (Å²) in [4.78, 5) is 21.1. The summed E-state index contributed by atoms with van der Waals surface area (Å²) in [7, 11) is 2.11. The van der Waals surface area contributed by atoms with E-state index >= 15 is 0 Å². The third-order valence-corrected chi connectivity index (χ3v) is 2.06. The molecule has 0 saturated heterocycles. The first kappa shape index (κ1) is 11.8.